The lowest BCUT2D eigenvalue weighted by Gasteiger charge is -2.14. The Morgan fingerprint density at radius 3 is 2.72 bits per heavy atom. The van der Waals surface area contributed by atoms with Crippen LogP contribution in [-0.4, -0.2) is 60.1 Å². The standard InChI is InChI=1S/C22H27ClFN7O4S/c1-12(2)31-11-16(17-6-7-25-21(28-17)26-10-13(3)27-22(32)35-4)20(29-31)15-8-14(23)9-18(19(15)24)30-36(5,33)34/h6-9,11-13,30H,10H2,1-5H3,(H,27,32)(H,25,26,28)/t13-/m0/s1/i4D3. The summed E-state index contributed by atoms with van der Waals surface area (Å²) in [5.74, 6) is -0.698. The number of carbonyl (C=O) groups excluding carboxylic acids is 1. The zero-order chi connectivity index (χ0) is 29.1. The Labute approximate surface area is 217 Å². The van der Waals surface area contributed by atoms with Crippen molar-refractivity contribution >= 4 is 39.4 Å². The SMILES string of the molecule is [2H]C([2H])([2H])OC(=O)N[C@@H](C)CNc1nccc(-c2cn(C(C)C)nc2-c2cc(Cl)cc(NS(C)(=O)=O)c2F)n1. The predicted octanol–water partition coefficient (Wildman–Crippen LogP) is 3.91. The fraction of sp³-hybridized carbons (Fsp3) is 0.364. The molecule has 3 aromatic rings. The minimum absolute atomic E-state index is 0.0400. The first kappa shape index (κ1) is 23.0. The zero-order valence-corrected chi connectivity index (χ0v) is 21.4. The number of carbonyl (C=O) groups is 1. The second-order valence-electron chi connectivity index (χ2n) is 8.24. The van der Waals surface area contributed by atoms with Gasteiger partial charge < -0.3 is 15.4 Å². The summed E-state index contributed by atoms with van der Waals surface area (Å²) in [5, 5.41) is 9.91. The molecule has 0 saturated carbocycles. The number of nitrogens with one attached hydrogen (secondary N) is 3. The van der Waals surface area contributed by atoms with E-state index in [1.165, 1.54) is 12.3 Å². The van der Waals surface area contributed by atoms with Crippen LogP contribution >= 0.6 is 11.6 Å². The molecular weight excluding hydrogens is 513 g/mol. The summed E-state index contributed by atoms with van der Waals surface area (Å²) >= 11 is 6.19. The first-order valence-electron chi connectivity index (χ1n) is 12.2. The van der Waals surface area contributed by atoms with Gasteiger partial charge in [-0.05, 0) is 39.0 Å². The number of hydrogen-bond acceptors (Lipinski definition) is 8. The van der Waals surface area contributed by atoms with Crippen molar-refractivity contribution in [3.63, 3.8) is 0 Å². The third-order valence-electron chi connectivity index (χ3n) is 4.80. The molecule has 3 N–H and O–H groups in total. The van der Waals surface area contributed by atoms with Gasteiger partial charge in [-0.1, -0.05) is 11.6 Å². The van der Waals surface area contributed by atoms with E-state index in [0.29, 0.717) is 11.3 Å². The van der Waals surface area contributed by atoms with Gasteiger partial charge in [0.15, 0.2) is 5.82 Å². The number of nitrogens with zero attached hydrogens (tertiary/aromatic N) is 4. The molecule has 0 aliphatic carbocycles. The van der Waals surface area contributed by atoms with E-state index >= 15 is 4.39 Å². The number of amides is 1. The van der Waals surface area contributed by atoms with E-state index in [4.69, 9.17) is 15.7 Å². The lowest BCUT2D eigenvalue weighted by atomic mass is 10.0. The maximum absolute atomic E-state index is 15.5. The molecule has 0 unspecified atom stereocenters. The fourth-order valence-electron chi connectivity index (χ4n) is 3.20. The number of rotatable bonds is 9. The lowest BCUT2D eigenvalue weighted by Crippen LogP contribution is -2.37. The van der Waals surface area contributed by atoms with Gasteiger partial charge in [0.2, 0.25) is 16.0 Å². The van der Waals surface area contributed by atoms with Crippen molar-refractivity contribution in [1.82, 2.24) is 25.1 Å². The molecule has 3 rings (SSSR count). The van der Waals surface area contributed by atoms with Crippen molar-refractivity contribution in [2.24, 2.45) is 0 Å². The highest BCUT2D eigenvalue weighted by molar-refractivity contribution is 7.92. The van der Waals surface area contributed by atoms with E-state index in [0.717, 1.165) is 12.3 Å². The summed E-state index contributed by atoms with van der Waals surface area (Å²) in [7, 11) is -6.65. The Kier molecular flexibility index (Phi) is 7.07. The van der Waals surface area contributed by atoms with Crippen LogP contribution in [0.25, 0.3) is 22.5 Å². The van der Waals surface area contributed by atoms with E-state index in [1.807, 2.05) is 13.8 Å². The molecule has 0 bridgehead atoms. The van der Waals surface area contributed by atoms with Crippen molar-refractivity contribution < 1.29 is 26.5 Å². The molecule has 2 aromatic heterocycles. The topological polar surface area (TPSA) is 140 Å². The molecule has 0 aliphatic rings. The van der Waals surface area contributed by atoms with Crippen LogP contribution in [-0.2, 0) is 14.8 Å². The van der Waals surface area contributed by atoms with Crippen molar-refractivity contribution in [1.29, 1.82) is 0 Å². The fourth-order valence-corrected chi connectivity index (χ4v) is 3.96. The van der Waals surface area contributed by atoms with E-state index < -0.39 is 35.0 Å². The molecule has 0 saturated heterocycles. The van der Waals surface area contributed by atoms with Gasteiger partial charge >= 0.3 is 6.09 Å². The van der Waals surface area contributed by atoms with Crippen LogP contribution in [0, 0.1) is 5.82 Å². The zero-order valence-electron chi connectivity index (χ0n) is 22.8. The number of methoxy groups -OCH3 is 1. The summed E-state index contributed by atoms with van der Waals surface area (Å²) in [6, 6.07) is 3.44. The smallest absolute Gasteiger partial charge is 0.407 e. The van der Waals surface area contributed by atoms with Crippen molar-refractivity contribution in [3.05, 3.63) is 41.4 Å². The molecule has 1 aromatic carbocycles. The average molecular weight is 543 g/mol. The summed E-state index contributed by atoms with van der Waals surface area (Å²) in [5.41, 5.74) is 0.601. The van der Waals surface area contributed by atoms with E-state index in [2.05, 4.69) is 35.2 Å². The number of hydrogen-bond donors (Lipinski definition) is 3. The molecule has 11 nitrogen and oxygen atoms in total. The first-order chi connectivity index (χ1) is 18.0. The third-order valence-corrected chi connectivity index (χ3v) is 5.61. The molecule has 0 radical (unpaired) electrons. The number of anilines is 2. The van der Waals surface area contributed by atoms with Crippen LogP contribution in [0.5, 0.6) is 0 Å². The molecule has 36 heavy (non-hydrogen) atoms. The molecule has 0 fully saturated rings. The number of alkyl carbamates (subject to hydrolysis) is 1. The van der Waals surface area contributed by atoms with Crippen LogP contribution in [0.3, 0.4) is 0 Å². The summed E-state index contributed by atoms with van der Waals surface area (Å²) in [4.78, 5) is 20.3. The minimum atomic E-state index is -3.79. The average Bonchev–Trinajstić information content (AvgIpc) is 3.23. The number of aromatic nitrogens is 4. The van der Waals surface area contributed by atoms with Crippen molar-refractivity contribution in [2.45, 2.75) is 32.9 Å². The van der Waals surface area contributed by atoms with Gasteiger partial charge in [0.25, 0.3) is 0 Å². The Hall–Kier alpha value is -3.45. The van der Waals surface area contributed by atoms with Gasteiger partial charge in [0, 0.05) is 47.2 Å². The highest BCUT2D eigenvalue weighted by Crippen LogP contribution is 2.37. The lowest BCUT2D eigenvalue weighted by molar-refractivity contribution is 0.168. The van der Waals surface area contributed by atoms with Gasteiger partial charge in [0.05, 0.1) is 28.8 Å². The maximum atomic E-state index is 15.5. The minimum Gasteiger partial charge on any atom is -0.453 e. The Morgan fingerprint density at radius 2 is 2.06 bits per heavy atom. The third kappa shape index (κ3) is 6.82. The highest BCUT2D eigenvalue weighted by atomic mass is 35.5. The predicted molar refractivity (Wildman–Crippen MR) is 136 cm³/mol. The molecule has 2 heterocycles. The summed E-state index contributed by atoms with van der Waals surface area (Å²) < 4.78 is 67.9. The normalized spacial score (nSPS) is 13.9. The van der Waals surface area contributed by atoms with Gasteiger partial charge in [-0.25, -0.2) is 27.6 Å². The maximum Gasteiger partial charge on any atom is 0.407 e. The molecule has 1 amide bonds. The summed E-state index contributed by atoms with van der Waals surface area (Å²) in [6.07, 6.45) is 2.94. The Balaban J connectivity index is 1.93. The van der Waals surface area contributed by atoms with Crippen LogP contribution in [0.2, 0.25) is 5.02 Å². The second-order valence-corrected chi connectivity index (χ2v) is 10.4. The first-order valence-corrected chi connectivity index (χ1v) is 12.9. The van der Waals surface area contributed by atoms with Gasteiger partial charge in [0.1, 0.15) is 5.69 Å². The van der Waals surface area contributed by atoms with Gasteiger partial charge in [-0.2, -0.15) is 5.10 Å². The number of halogens is 2. The van der Waals surface area contributed by atoms with Crippen LogP contribution in [0.1, 0.15) is 30.9 Å². The monoisotopic (exact) mass is 542 g/mol. The highest BCUT2D eigenvalue weighted by Gasteiger charge is 2.22. The van der Waals surface area contributed by atoms with Gasteiger partial charge in [-0.3, -0.25) is 9.40 Å². The second kappa shape index (κ2) is 11.1. The largest absolute Gasteiger partial charge is 0.453 e. The molecule has 14 heteroatoms. The van der Waals surface area contributed by atoms with Crippen LogP contribution < -0.4 is 15.4 Å². The van der Waals surface area contributed by atoms with E-state index in [-0.39, 0.29) is 40.5 Å². The summed E-state index contributed by atoms with van der Waals surface area (Å²) in [6.45, 7) is 5.50. The van der Waals surface area contributed by atoms with Crippen molar-refractivity contribution in [3.8, 4) is 22.5 Å². The quantitative estimate of drug-likeness (QED) is 0.370. The molecule has 194 valence electrons. The molecule has 0 spiro atoms. The van der Waals surface area contributed by atoms with Crippen molar-refractivity contribution in [2.75, 3.05) is 29.9 Å². The number of sulfonamides is 1. The number of ether oxygens (including phenoxy) is 1. The van der Waals surface area contributed by atoms with Crippen LogP contribution in [0.15, 0.2) is 30.6 Å². The molecule has 0 aliphatic heterocycles. The molecular formula is C22H27ClFN7O4S. The Bertz CT molecular complexity index is 1470. The van der Waals surface area contributed by atoms with Gasteiger partial charge in [-0.15, -0.1) is 0 Å². The number of benzene rings is 1. The van der Waals surface area contributed by atoms with E-state index in [9.17, 15) is 13.2 Å². The van der Waals surface area contributed by atoms with Crippen LogP contribution in [0.4, 0.5) is 20.8 Å². The Morgan fingerprint density at radius 1 is 1.31 bits per heavy atom. The van der Waals surface area contributed by atoms with E-state index in [1.54, 1.807) is 23.9 Å². The molecule has 1 atom stereocenters.